The van der Waals surface area contributed by atoms with E-state index < -0.39 is 11.4 Å². The van der Waals surface area contributed by atoms with Crippen molar-refractivity contribution in [3.8, 4) is 0 Å². The highest BCUT2D eigenvalue weighted by molar-refractivity contribution is 4.89. The predicted molar refractivity (Wildman–Crippen MR) is 62.8 cm³/mol. The first-order valence-corrected chi connectivity index (χ1v) is 5.51. The molecule has 0 heterocycles. The van der Waals surface area contributed by atoms with Gasteiger partial charge in [-0.2, -0.15) is 0 Å². The molecule has 0 amide bonds. The molecule has 8 N–H and O–H groups in total. The third-order valence-electron chi connectivity index (χ3n) is 3.03. The van der Waals surface area contributed by atoms with Crippen LogP contribution in [-0.4, -0.2) is 23.5 Å². The van der Waals surface area contributed by atoms with Gasteiger partial charge in [-0.1, -0.05) is 13.8 Å². The molecule has 0 aliphatic heterocycles. The van der Waals surface area contributed by atoms with Gasteiger partial charge in [0.1, 0.15) is 11.4 Å². The van der Waals surface area contributed by atoms with Crippen LogP contribution in [0.15, 0.2) is 0 Å². The second-order valence-corrected chi connectivity index (χ2v) is 4.30. The zero-order valence-corrected chi connectivity index (χ0v) is 10.3. The van der Waals surface area contributed by atoms with Crippen LogP contribution in [0.1, 0.15) is 40.5 Å². The number of hydrogen-bond donors (Lipinski definition) is 4. The Morgan fingerprint density at radius 3 is 1.33 bits per heavy atom. The lowest BCUT2D eigenvalue weighted by atomic mass is 9.99. The van der Waals surface area contributed by atoms with E-state index in [-0.39, 0.29) is 12.1 Å². The lowest BCUT2D eigenvalue weighted by molar-refractivity contribution is -0.173. The normalized spacial score (nSPS) is 24.0. The highest BCUT2D eigenvalue weighted by atomic mass is 16.5. The lowest BCUT2D eigenvalue weighted by Crippen LogP contribution is -2.66. The van der Waals surface area contributed by atoms with E-state index in [0.29, 0.717) is 12.8 Å². The molecule has 0 saturated heterocycles. The maximum atomic E-state index is 6.06. The Labute approximate surface area is 92.5 Å². The summed E-state index contributed by atoms with van der Waals surface area (Å²) in [7, 11) is 0. The van der Waals surface area contributed by atoms with Gasteiger partial charge in [0, 0.05) is 12.1 Å². The molecule has 0 aliphatic rings. The van der Waals surface area contributed by atoms with Gasteiger partial charge in [-0.05, 0) is 26.7 Å². The first kappa shape index (κ1) is 14.8. The van der Waals surface area contributed by atoms with Crippen molar-refractivity contribution in [1.29, 1.82) is 0 Å². The van der Waals surface area contributed by atoms with E-state index in [1.54, 1.807) is 13.8 Å². The predicted octanol–water partition coefficient (Wildman–Crippen LogP) is -0.173. The molecular weight excluding hydrogens is 192 g/mol. The summed E-state index contributed by atoms with van der Waals surface area (Å²) in [4.78, 5) is 0. The molecular formula is C10H26N4O. The SMILES string of the molecule is CCC(N)(OC(N)(CC)C(C)N)C(C)N. The van der Waals surface area contributed by atoms with Crippen LogP contribution in [-0.2, 0) is 4.74 Å². The maximum Gasteiger partial charge on any atom is 0.133 e. The molecule has 5 heteroatoms. The molecule has 5 nitrogen and oxygen atoms in total. The van der Waals surface area contributed by atoms with Gasteiger partial charge < -0.3 is 27.7 Å². The lowest BCUT2D eigenvalue weighted by Gasteiger charge is -2.43. The Hall–Kier alpha value is -0.200. The third-order valence-corrected chi connectivity index (χ3v) is 3.03. The fourth-order valence-corrected chi connectivity index (χ4v) is 1.33. The van der Waals surface area contributed by atoms with Gasteiger partial charge in [-0.25, -0.2) is 0 Å². The number of hydrogen-bond acceptors (Lipinski definition) is 5. The third kappa shape index (κ3) is 3.39. The van der Waals surface area contributed by atoms with E-state index in [1.807, 2.05) is 13.8 Å². The highest BCUT2D eigenvalue weighted by Gasteiger charge is 2.39. The smallest absolute Gasteiger partial charge is 0.133 e. The van der Waals surface area contributed by atoms with E-state index in [0.717, 1.165) is 0 Å². The maximum absolute atomic E-state index is 6.06. The van der Waals surface area contributed by atoms with Crippen LogP contribution in [0.4, 0.5) is 0 Å². The summed E-state index contributed by atoms with van der Waals surface area (Å²) in [5.41, 5.74) is 21.9. The van der Waals surface area contributed by atoms with E-state index in [9.17, 15) is 0 Å². The van der Waals surface area contributed by atoms with Crippen molar-refractivity contribution in [1.82, 2.24) is 0 Å². The van der Waals surface area contributed by atoms with Gasteiger partial charge >= 0.3 is 0 Å². The standard InChI is InChI=1S/C10H26N4O/c1-5-9(13,7(3)11)15-10(14,6-2)8(4)12/h7-8H,5-6,11-14H2,1-4H3. The van der Waals surface area contributed by atoms with Crippen LogP contribution in [0.2, 0.25) is 0 Å². The van der Waals surface area contributed by atoms with E-state index >= 15 is 0 Å². The average molecular weight is 218 g/mol. The molecule has 0 aromatic carbocycles. The topological polar surface area (TPSA) is 113 Å². The van der Waals surface area contributed by atoms with Crippen molar-refractivity contribution >= 4 is 0 Å². The van der Waals surface area contributed by atoms with Crippen molar-refractivity contribution < 1.29 is 4.74 Å². The van der Waals surface area contributed by atoms with E-state index in [1.165, 1.54) is 0 Å². The van der Waals surface area contributed by atoms with Crippen molar-refractivity contribution in [2.24, 2.45) is 22.9 Å². The Balaban J connectivity index is 4.79. The van der Waals surface area contributed by atoms with Gasteiger partial charge in [0.05, 0.1) is 0 Å². The second kappa shape index (κ2) is 5.23. The largest absolute Gasteiger partial charge is 0.337 e. The minimum atomic E-state index is -0.918. The summed E-state index contributed by atoms with van der Waals surface area (Å²) in [6, 6.07) is -0.591. The molecule has 0 rings (SSSR count). The molecule has 0 saturated carbocycles. The molecule has 4 atom stereocenters. The van der Waals surface area contributed by atoms with Crippen LogP contribution in [0, 0.1) is 0 Å². The second-order valence-electron chi connectivity index (χ2n) is 4.30. The van der Waals surface area contributed by atoms with E-state index in [2.05, 4.69) is 0 Å². The first-order chi connectivity index (χ1) is 6.72. The Morgan fingerprint density at radius 2 is 1.20 bits per heavy atom. The monoisotopic (exact) mass is 218 g/mol. The number of rotatable bonds is 6. The summed E-state index contributed by atoms with van der Waals surface area (Å²) in [5, 5.41) is 0. The molecule has 15 heavy (non-hydrogen) atoms. The zero-order valence-electron chi connectivity index (χ0n) is 10.3. The molecule has 0 fully saturated rings. The number of ether oxygens (including phenoxy) is 1. The van der Waals surface area contributed by atoms with Crippen molar-refractivity contribution in [3.05, 3.63) is 0 Å². The highest BCUT2D eigenvalue weighted by Crippen LogP contribution is 2.23. The van der Waals surface area contributed by atoms with Crippen molar-refractivity contribution in [2.45, 2.75) is 64.1 Å². The summed E-state index contributed by atoms with van der Waals surface area (Å²) < 4.78 is 5.75. The van der Waals surface area contributed by atoms with Crippen LogP contribution in [0.25, 0.3) is 0 Å². The number of nitrogens with two attached hydrogens (primary N) is 4. The molecule has 0 aliphatic carbocycles. The minimum Gasteiger partial charge on any atom is -0.337 e. The van der Waals surface area contributed by atoms with Gasteiger partial charge in [-0.15, -0.1) is 0 Å². The minimum absolute atomic E-state index is 0.296. The van der Waals surface area contributed by atoms with Crippen LogP contribution < -0.4 is 22.9 Å². The quantitative estimate of drug-likeness (QED) is 0.462. The molecule has 0 aromatic rings. The van der Waals surface area contributed by atoms with Gasteiger partial charge in [0.2, 0.25) is 0 Å². The fraction of sp³-hybridized carbons (Fsp3) is 1.00. The van der Waals surface area contributed by atoms with Crippen molar-refractivity contribution in [3.63, 3.8) is 0 Å². The Kier molecular flexibility index (Phi) is 5.16. The van der Waals surface area contributed by atoms with Gasteiger partial charge in [-0.3, -0.25) is 0 Å². The summed E-state index contributed by atoms with van der Waals surface area (Å²) in [6.07, 6.45) is 1.19. The molecule has 92 valence electrons. The van der Waals surface area contributed by atoms with Gasteiger partial charge in [0.25, 0.3) is 0 Å². The Bertz CT molecular complexity index is 178. The fourth-order valence-electron chi connectivity index (χ4n) is 1.33. The van der Waals surface area contributed by atoms with Crippen LogP contribution >= 0.6 is 0 Å². The zero-order chi connectivity index (χ0) is 12.3. The molecule has 0 aromatic heterocycles. The van der Waals surface area contributed by atoms with Crippen LogP contribution in [0.3, 0.4) is 0 Å². The van der Waals surface area contributed by atoms with Gasteiger partial charge in [0.15, 0.2) is 0 Å². The first-order valence-electron chi connectivity index (χ1n) is 5.51. The molecule has 0 radical (unpaired) electrons. The molecule has 0 spiro atoms. The average Bonchev–Trinajstić information content (AvgIpc) is 2.16. The Morgan fingerprint density at radius 1 is 0.933 bits per heavy atom. The van der Waals surface area contributed by atoms with E-state index in [4.69, 9.17) is 27.7 Å². The van der Waals surface area contributed by atoms with Crippen LogP contribution in [0.5, 0.6) is 0 Å². The molecule has 4 unspecified atom stereocenters. The van der Waals surface area contributed by atoms with Crippen molar-refractivity contribution in [2.75, 3.05) is 0 Å². The summed E-state index contributed by atoms with van der Waals surface area (Å²) in [5.74, 6) is 0. The molecule has 0 bridgehead atoms. The summed E-state index contributed by atoms with van der Waals surface area (Å²) in [6.45, 7) is 7.45. The summed E-state index contributed by atoms with van der Waals surface area (Å²) >= 11 is 0.